The van der Waals surface area contributed by atoms with Crippen molar-refractivity contribution in [3.63, 3.8) is 0 Å². The molecule has 8 heteroatoms. The predicted octanol–water partition coefficient (Wildman–Crippen LogP) is 6.82. The van der Waals surface area contributed by atoms with E-state index < -0.39 is 5.82 Å². The van der Waals surface area contributed by atoms with Crippen LogP contribution in [-0.2, 0) is 9.53 Å². The maximum atomic E-state index is 14.8. The minimum Gasteiger partial charge on any atom is -0.461 e. The predicted molar refractivity (Wildman–Crippen MR) is 134 cm³/mol. The van der Waals surface area contributed by atoms with Crippen LogP contribution in [0.15, 0.2) is 53.7 Å². The molecule has 0 aliphatic heterocycles. The third kappa shape index (κ3) is 5.47. The van der Waals surface area contributed by atoms with Gasteiger partial charge in [0.1, 0.15) is 11.9 Å². The van der Waals surface area contributed by atoms with Gasteiger partial charge in [0, 0.05) is 5.56 Å². The van der Waals surface area contributed by atoms with Gasteiger partial charge in [-0.15, -0.1) is 10.2 Å². The van der Waals surface area contributed by atoms with Crippen molar-refractivity contribution < 1.29 is 13.9 Å². The highest BCUT2D eigenvalue weighted by Crippen LogP contribution is 2.36. The molecule has 1 fully saturated rings. The number of hydrogen-bond donors (Lipinski definition) is 0. The highest BCUT2D eigenvalue weighted by atomic mass is 35.5. The van der Waals surface area contributed by atoms with Gasteiger partial charge in [-0.3, -0.25) is 9.36 Å². The first kappa shape index (κ1) is 24.7. The molecule has 180 valence electrons. The maximum Gasteiger partial charge on any atom is 0.316 e. The number of esters is 1. The molecule has 0 amide bonds. The third-order valence-corrected chi connectivity index (χ3v) is 7.64. The minimum atomic E-state index is -0.420. The Kier molecular flexibility index (Phi) is 7.94. The van der Waals surface area contributed by atoms with Crippen LogP contribution in [0.5, 0.6) is 0 Å². The molecule has 0 spiro atoms. The fraction of sp³-hybridized carbons (Fsp3) is 0.423. The van der Waals surface area contributed by atoms with E-state index >= 15 is 0 Å². The van der Waals surface area contributed by atoms with Crippen molar-refractivity contribution in [3.05, 3.63) is 59.4 Å². The molecule has 1 heterocycles. The topological polar surface area (TPSA) is 57.0 Å². The Labute approximate surface area is 209 Å². The summed E-state index contributed by atoms with van der Waals surface area (Å²) >= 11 is 7.58. The number of benzene rings is 2. The number of carbonyl (C=O) groups excluding carboxylic acids is 1. The van der Waals surface area contributed by atoms with Crippen molar-refractivity contribution in [2.24, 2.45) is 17.8 Å². The van der Waals surface area contributed by atoms with Crippen LogP contribution in [0.25, 0.3) is 17.1 Å². The first-order chi connectivity index (χ1) is 16.3. The van der Waals surface area contributed by atoms with Crippen molar-refractivity contribution in [2.45, 2.75) is 51.3 Å². The minimum absolute atomic E-state index is 0.0603. The van der Waals surface area contributed by atoms with Gasteiger partial charge in [0.05, 0.1) is 16.5 Å². The van der Waals surface area contributed by atoms with Crippen LogP contribution >= 0.6 is 23.4 Å². The van der Waals surface area contributed by atoms with Gasteiger partial charge in [0.2, 0.25) is 0 Å². The molecular formula is C26H29ClFN3O2S. The molecule has 0 N–H and O–H groups in total. The lowest BCUT2D eigenvalue weighted by Gasteiger charge is -2.36. The number of nitrogens with zero attached hydrogens (tertiary/aromatic N) is 3. The molecule has 1 aliphatic carbocycles. The lowest BCUT2D eigenvalue weighted by atomic mass is 9.75. The Hall–Kier alpha value is -2.38. The van der Waals surface area contributed by atoms with E-state index in [1.165, 1.54) is 24.2 Å². The van der Waals surface area contributed by atoms with Gasteiger partial charge in [0.15, 0.2) is 11.0 Å². The molecule has 1 aliphatic rings. The van der Waals surface area contributed by atoms with Gasteiger partial charge < -0.3 is 4.74 Å². The average Bonchev–Trinajstić information content (AvgIpc) is 3.21. The fourth-order valence-electron chi connectivity index (χ4n) is 4.61. The summed E-state index contributed by atoms with van der Waals surface area (Å²) in [5, 5.41) is 9.44. The van der Waals surface area contributed by atoms with E-state index in [-0.39, 0.29) is 17.8 Å². The van der Waals surface area contributed by atoms with Crippen molar-refractivity contribution in [1.82, 2.24) is 14.8 Å². The van der Waals surface area contributed by atoms with E-state index in [4.69, 9.17) is 16.3 Å². The largest absolute Gasteiger partial charge is 0.461 e. The van der Waals surface area contributed by atoms with Gasteiger partial charge in [-0.25, -0.2) is 4.39 Å². The van der Waals surface area contributed by atoms with Crippen molar-refractivity contribution in [2.75, 3.05) is 5.75 Å². The van der Waals surface area contributed by atoms with E-state index in [9.17, 15) is 9.18 Å². The van der Waals surface area contributed by atoms with E-state index in [1.54, 1.807) is 28.8 Å². The number of thioether (sulfide) groups is 1. The zero-order chi connectivity index (χ0) is 24.2. The summed E-state index contributed by atoms with van der Waals surface area (Å²) in [6.45, 7) is 6.58. The first-order valence-corrected chi connectivity index (χ1v) is 13.0. The normalized spacial score (nSPS) is 20.5. The summed E-state index contributed by atoms with van der Waals surface area (Å²) in [5.74, 6) is 1.13. The molecule has 1 saturated carbocycles. The molecule has 0 unspecified atom stereocenters. The number of aromatic nitrogens is 3. The monoisotopic (exact) mass is 501 g/mol. The Bertz CT molecular complexity index is 1150. The number of ether oxygens (including phenoxy) is 1. The summed E-state index contributed by atoms with van der Waals surface area (Å²) < 4.78 is 22.3. The van der Waals surface area contributed by atoms with Crippen molar-refractivity contribution >= 4 is 29.3 Å². The van der Waals surface area contributed by atoms with Crippen molar-refractivity contribution in [3.8, 4) is 17.1 Å². The Morgan fingerprint density at radius 1 is 1.18 bits per heavy atom. The van der Waals surface area contributed by atoms with Gasteiger partial charge in [-0.2, -0.15) is 0 Å². The summed E-state index contributed by atoms with van der Waals surface area (Å²) in [6.07, 6.45) is 3.07. The molecule has 3 aromatic rings. The van der Waals surface area contributed by atoms with Crippen LogP contribution in [0.1, 0.15) is 40.0 Å². The van der Waals surface area contributed by atoms with Crippen LogP contribution in [-0.4, -0.2) is 32.6 Å². The smallest absolute Gasteiger partial charge is 0.316 e. The lowest BCUT2D eigenvalue weighted by molar-refractivity contribution is -0.152. The van der Waals surface area contributed by atoms with E-state index in [2.05, 4.69) is 31.0 Å². The summed E-state index contributed by atoms with van der Waals surface area (Å²) in [4.78, 5) is 12.8. The fourth-order valence-corrected chi connectivity index (χ4v) is 5.55. The Balaban J connectivity index is 1.57. The Morgan fingerprint density at radius 2 is 1.91 bits per heavy atom. The van der Waals surface area contributed by atoms with Gasteiger partial charge >= 0.3 is 5.97 Å². The van der Waals surface area contributed by atoms with Gasteiger partial charge in [-0.05, 0) is 54.9 Å². The van der Waals surface area contributed by atoms with Crippen LogP contribution in [0, 0.1) is 23.6 Å². The number of para-hydroxylation sites is 1. The lowest BCUT2D eigenvalue weighted by Crippen LogP contribution is -2.36. The second-order valence-corrected chi connectivity index (χ2v) is 10.6. The summed E-state index contributed by atoms with van der Waals surface area (Å²) in [5.41, 5.74) is 0.921. The number of halogens is 2. The van der Waals surface area contributed by atoms with E-state index in [0.717, 1.165) is 12.8 Å². The van der Waals surface area contributed by atoms with Gasteiger partial charge in [0.25, 0.3) is 0 Å². The second kappa shape index (κ2) is 10.9. The highest BCUT2D eigenvalue weighted by Gasteiger charge is 2.33. The first-order valence-electron chi connectivity index (χ1n) is 11.6. The van der Waals surface area contributed by atoms with Crippen LogP contribution < -0.4 is 0 Å². The van der Waals surface area contributed by atoms with Crippen LogP contribution in [0.4, 0.5) is 4.39 Å². The summed E-state index contributed by atoms with van der Waals surface area (Å²) in [7, 11) is 0. The van der Waals surface area contributed by atoms with E-state index in [1.807, 2.05) is 18.2 Å². The van der Waals surface area contributed by atoms with Crippen LogP contribution in [0.2, 0.25) is 5.02 Å². The van der Waals surface area contributed by atoms with Gasteiger partial charge in [-0.1, -0.05) is 74.8 Å². The van der Waals surface area contributed by atoms with Crippen LogP contribution in [0.3, 0.4) is 0 Å². The average molecular weight is 502 g/mol. The quantitative estimate of drug-likeness (QED) is 0.262. The molecule has 0 saturated heterocycles. The SMILES string of the molecule is CC(C)[C@H]1CC[C@@H](C)C[C@H]1OC(=O)CSc1nnc(-c2ccccc2Cl)n1-c1ccccc1F. The Morgan fingerprint density at radius 3 is 2.65 bits per heavy atom. The molecule has 5 nitrogen and oxygen atoms in total. The second-order valence-electron chi connectivity index (χ2n) is 9.22. The maximum absolute atomic E-state index is 14.8. The molecule has 2 aromatic carbocycles. The molecule has 3 atom stereocenters. The molecular weight excluding hydrogens is 473 g/mol. The number of rotatable bonds is 7. The zero-order valence-corrected chi connectivity index (χ0v) is 21.2. The zero-order valence-electron chi connectivity index (χ0n) is 19.6. The molecule has 0 radical (unpaired) electrons. The molecule has 0 bridgehead atoms. The number of carbonyl (C=O) groups is 1. The summed E-state index contributed by atoms with van der Waals surface area (Å²) in [6, 6.07) is 13.6. The molecule has 34 heavy (non-hydrogen) atoms. The number of hydrogen-bond acceptors (Lipinski definition) is 5. The molecule has 4 rings (SSSR count). The highest BCUT2D eigenvalue weighted by molar-refractivity contribution is 7.99. The van der Waals surface area contributed by atoms with Crippen molar-refractivity contribution in [1.29, 1.82) is 0 Å². The van der Waals surface area contributed by atoms with E-state index in [0.29, 0.717) is 45.0 Å². The third-order valence-electron chi connectivity index (χ3n) is 6.40. The molecule has 1 aromatic heterocycles. The standard InChI is InChI=1S/C26H29ClFN3O2S/c1-16(2)18-13-12-17(3)14-23(18)33-24(32)15-34-26-30-29-25(19-8-4-5-9-20(19)27)31(26)22-11-7-6-10-21(22)28/h4-11,16-18,23H,12-15H2,1-3H3/t17-,18-,23-/m1/s1.